The quantitative estimate of drug-likeness (QED) is 0.687. The van der Waals surface area contributed by atoms with Crippen molar-refractivity contribution in [1.82, 2.24) is 4.90 Å². The summed E-state index contributed by atoms with van der Waals surface area (Å²) in [6, 6.07) is 0. The van der Waals surface area contributed by atoms with Crippen LogP contribution in [0.4, 0.5) is 0 Å². The molecule has 1 aliphatic heterocycles. The number of hydrogen-bond acceptors (Lipinski definition) is 3. The number of aliphatic carboxylic acids is 1. The summed E-state index contributed by atoms with van der Waals surface area (Å²) < 4.78 is 5.08. The average Bonchev–Trinajstić information content (AvgIpc) is 2.31. The van der Waals surface area contributed by atoms with Crippen LogP contribution in [0.15, 0.2) is 0 Å². The van der Waals surface area contributed by atoms with Gasteiger partial charge < -0.3 is 9.84 Å². The van der Waals surface area contributed by atoms with E-state index < -0.39 is 5.97 Å². The van der Waals surface area contributed by atoms with Crippen LogP contribution in [-0.2, 0) is 9.53 Å². The van der Waals surface area contributed by atoms with Crippen molar-refractivity contribution in [3.8, 4) is 0 Å². The van der Waals surface area contributed by atoms with Gasteiger partial charge >= 0.3 is 5.97 Å². The van der Waals surface area contributed by atoms with E-state index in [-0.39, 0.29) is 6.54 Å². The van der Waals surface area contributed by atoms with E-state index in [1.54, 1.807) is 7.11 Å². The first-order valence-corrected chi connectivity index (χ1v) is 4.56. The zero-order valence-corrected chi connectivity index (χ0v) is 8.19. The van der Waals surface area contributed by atoms with E-state index in [2.05, 4.69) is 6.92 Å². The van der Waals surface area contributed by atoms with Crippen LogP contribution in [0.3, 0.4) is 0 Å². The van der Waals surface area contributed by atoms with Gasteiger partial charge in [0.05, 0.1) is 13.2 Å². The highest BCUT2D eigenvalue weighted by Crippen LogP contribution is 2.22. The molecule has 0 amide bonds. The summed E-state index contributed by atoms with van der Waals surface area (Å²) in [5.41, 5.74) is 0. The van der Waals surface area contributed by atoms with Crippen molar-refractivity contribution in [2.75, 3.05) is 33.4 Å². The van der Waals surface area contributed by atoms with Gasteiger partial charge in [0.2, 0.25) is 0 Å². The highest BCUT2D eigenvalue weighted by Gasteiger charge is 2.30. The Balaban J connectivity index is 2.35. The van der Waals surface area contributed by atoms with Crippen LogP contribution in [0.5, 0.6) is 0 Å². The Morgan fingerprint density at radius 3 is 2.85 bits per heavy atom. The lowest BCUT2D eigenvalue weighted by atomic mass is 10.00. The second-order valence-electron chi connectivity index (χ2n) is 3.78. The number of likely N-dealkylation sites (tertiary alicyclic amines) is 1. The van der Waals surface area contributed by atoms with Gasteiger partial charge in [-0.25, -0.2) is 0 Å². The molecule has 0 unspecified atom stereocenters. The Labute approximate surface area is 78.5 Å². The summed E-state index contributed by atoms with van der Waals surface area (Å²) in [5.74, 6) is 0.286. The Morgan fingerprint density at radius 2 is 2.31 bits per heavy atom. The van der Waals surface area contributed by atoms with Gasteiger partial charge in [0.15, 0.2) is 0 Å². The van der Waals surface area contributed by atoms with Crippen LogP contribution in [0.1, 0.15) is 6.92 Å². The molecular weight excluding hydrogens is 170 g/mol. The fourth-order valence-electron chi connectivity index (χ4n) is 1.89. The molecule has 0 spiro atoms. The molecule has 1 N–H and O–H groups in total. The lowest BCUT2D eigenvalue weighted by molar-refractivity contribution is -0.138. The zero-order chi connectivity index (χ0) is 9.84. The predicted molar refractivity (Wildman–Crippen MR) is 48.6 cm³/mol. The lowest BCUT2D eigenvalue weighted by Gasteiger charge is -2.12. The summed E-state index contributed by atoms with van der Waals surface area (Å²) in [6.07, 6.45) is 0. The summed E-state index contributed by atoms with van der Waals surface area (Å²) in [7, 11) is 1.69. The number of ether oxygens (including phenoxy) is 1. The average molecular weight is 187 g/mol. The smallest absolute Gasteiger partial charge is 0.317 e. The molecule has 0 aromatic heterocycles. The van der Waals surface area contributed by atoms with Gasteiger partial charge in [-0.15, -0.1) is 0 Å². The normalized spacial score (nSPS) is 29.4. The maximum Gasteiger partial charge on any atom is 0.317 e. The molecule has 4 nitrogen and oxygen atoms in total. The number of carboxylic acid groups (broad SMARTS) is 1. The van der Waals surface area contributed by atoms with Crippen molar-refractivity contribution in [1.29, 1.82) is 0 Å². The van der Waals surface area contributed by atoms with Crippen molar-refractivity contribution in [2.24, 2.45) is 11.8 Å². The van der Waals surface area contributed by atoms with Gasteiger partial charge in [-0.2, -0.15) is 0 Å². The first kappa shape index (κ1) is 10.5. The van der Waals surface area contributed by atoms with Crippen molar-refractivity contribution in [3.05, 3.63) is 0 Å². The minimum absolute atomic E-state index is 0.157. The standard InChI is InChI=1S/C9H17NO3/c1-7-3-10(5-9(11)12)4-8(7)6-13-2/h7-8H,3-6H2,1-2H3,(H,11,12)/t7-,8+/m1/s1. The highest BCUT2D eigenvalue weighted by atomic mass is 16.5. The molecule has 1 aliphatic rings. The van der Waals surface area contributed by atoms with E-state index in [1.807, 2.05) is 4.90 Å². The van der Waals surface area contributed by atoms with Gasteiger partial charge in [-0.3, -0.25) is 9.69 Å². The van der Waals surface area contributed by atoms with Crippen molar-refractivity contribution < 1.29 is 14.6 Å². The molecular formula is C9H17NO3. The van der Waals surface area contributed by atoms with Crippen LogP contribution >= 0.6 is 0 Å². The first-order valence-electron chi connectivity index (χ1n) is 4.56. The van der Waals surface area contributed by atoms with E-state index >= 15 is 0 Å². The fraction of sp³-hybridized carbons (Fsp3) is 0.889. The summed E-state index contributed by atoms with van der Waals surface area (Å²) in [4.78, 5) is 12.4. The van der Waals surface area contributed by atoms with Gasteiger partial charge in [0.25, 0.3) is 0 Å². The zero-order valence-electron chi connectivity index (χ0n) is 8.19. The molecule has 2 atom stereocenters. The lowest BCUT2D eigenvalue weighted by Crippen LogP contribution is -2.28. The predicted octanol–water partition coefficient (Wildman–Crippen LogP) is 0.285. The number of hydrogen-bond donors (Lipinski definition) is 1. The second-order valence-corrected chi connectivity index (χ2v) is 3.78. The molecule has 0 saturated carbocycles. The Morgan fingerprint density at radius 1 is 1.62 bits per heavy atom. The molecule has 0 aromatic carbocycles. The third-order valence-corrected chi connectivity index (χ3v) is 2.58. The van der Waals surface area contributed by atoms with Crippen LogP contribution in [0, 0.1) is 11.8 Å². The van der Waals surface area contributed by atoms with Crippen LogP contribution < -0.4 is 0 Å². The maximum absolute atomic E-state index is 10.5. The highest BCUT2D eigenvalue weighted by molar-refractivity contribution is 5.69. The van der Waals surface area contributed by atoms with Crippen molar-refractivity contribution in [3.63, 3.8) is 0 Å². The second kappa shape index (κ2) is 4.58. The molecule has 0 aromatic rings. The maximum atomic E-state index is 10.5. The van der Waals surface area contributed by atoms with Crippen LogP contribution in [-0.4, -0.2) is 49.3 Å². The molecule has 1 heterocycles. The monoisotopic (exact) mass is 187 g/mol. The molecule has 0 bridgehead atoms. The number of rotatable bonds is 4. The van der Waals surface area contributed by atoms with Crippen molar-refractivity contribution >= 4 is 5.97 Å². The van der Waals surface area contributed by atoms with Crippen LogP contribution in [0.2, 0.25) is 0 Å². The van der Waals surface area contributed by atoms with Crippen LogP contribution in [0.25, 0.3) is 0 Å². The largest absolute Gasteiger partial charge is 0.480 e. The van der Waals surface area contributed by atoms with Crippen molar-refractivity contribution in [2.45, 2.75) is 6.92 Å². The molecule has 1 rings (SSSR count). The molecule has 0 radical (unpaired) electrons. The first-order chi connectivity index (χ1) is 6.13. The topological polar surface area (TPSA) is 49.8 Å². The molecule has 76 valence electrons. The summed E-state index contributed by atoms with van der Waals surface area (Å²) in [5, 5.41) is 8.60. The van der Waals surface area contributed by atoms with Gasteiger partial charge in [-0.05, 0) is 11.8 Å². The van der Waals surface area contributed by atoms with E-state index in [1.165, 1.54) is 0 Å². The van der Waals surface area contributed by atoms with Gasteiger partial charge in [-0.1, -0.05) is 6.92 Å². The van der Waals surface area contributed by atoms with E-state index in [0.29, 0.717) is 11.8 Å². The number of nitrogens with zero attached hydrogens (tertiary/aromatic N) is 1. The SMILES string of the molecule is COC[C@@H]1CN(CC(=O)O)C[C@H]1C. The molecule has 13 heavy (non-hydrogen) atoms. The summed E-state index contributed by atoms with van der Waals surface area (Å²) >= 11 is 0. The molecule has 4 heteroatoms. The Bertz CT molecular complexity index is 184. The number of carboxylic acids is 1. The Hall–Kier alpha value is -0.610. The number of methoxy groups -OCH3 is 1. The van der Waals surface area contributed by atoms with E-state index in [9.17, 15) is 4.79 Å². The Kier molecular flexibility index (Phi) is 3.69. The third kappa shape index (κ3) is 2.97. The van der Waals surface area contributed by atoms with Gasteiger partial charge in [0, 0.05) is 20.2 Å². The van der Waals surface area contributed by atoms with Gasteiger partial charge in [0.1, 0.15) is 0 Å². The molecule has 0 aliphatic carbocycles. The summed E-state index contributed by atoms with van der Waals surface area (Å²) in [6.45, 7) is 4.76. The fourth-order valence-corrected chi connectivity index (χ4v) is 1.89. The third-order valence-electron chi connectivity index (χ3n) is 2.58. The molecule has 1 saturated heterocycles. The minimum Gasteiger partial charge on any atom is -0.480 e. The minimum atomic E-state index is -0.745. The molecule has 1 fully saturated rings. The van der Waals surface area contributed by atoms with E-state index in [0.717, 1.165) is 19.7 Å². The van der Waals surface area contributed by atoms with E-state index in [4.69, 9.17) is 9.84 Å². The number of carbonyl (C=O) groups is 1.